The average molecular weight is 235 g/mol. The molecule has 0 aromatic heterocycles. The molecule has 0 aliphatic carbocycles. The summed E-state index contributed by atoms with van der Waals surface area (Å²) in [5.74, 6) is -0.510. The van der Waals surface area contributed by atoms with Crippen molar-refractivity contribution in [3.05, 3.63) is 29.3 Å². The Morgan fingerprint density at radius 1 is 1.41 bits per heavy atom. The van der Waals surface area contributed by atoms with Gasteiger partial charge >= 0.3 is 5.97 Å². The number of methoxy groups -OCH3 is 1. The van der Waals surface area contributed by atoms with Crippen molar-refractivity contribution in [2.75, 3.05) is 20.2 Å². The summed E-state index contributed by atoms with van der Waals surface area (Å²) in [6, 6.07) is 5.30. The highest BCUT2D eigenvalue weighted by Gasteiger charge is 2.15. The minimum Gasteiger partial charge on any atom is -0.496 e. The zero-order valence-corrected chi connectivity index (χ0v) is 9.98. The van der Waals surface area contributed by atoms with E-state index in [4.69, 9.17) is 9.84 Å². The maximum Gasteiger partial charge on any atom is 0.339 e. The van der Waals surface area contributed by atoms with E-state index in [2.05, 4.69) is 4.90 Å². The van der Waals surface area contributed by atoms with Gasteiger partial charge in [-0.2, -0.15) is 0 Å². The molecule has 4 heteroatoms. The molecule has 1 aliphatic rings. The summed E-state index contributed by atoms with van der Waals surface area (Å²) in [6.45, 7) is 3.13. The number of benzene rings is 1. The smallest absolute Gasteiger partial charge is 0.339 e. The second kappa shape index (κ2) is 5.19. The minimum atomic E-state index is -0.949. The van der Waals surface area contributed by atoms with Crippen molar-refractivity contribution in [2.45, 2.75) is 19.4 Å². The maximum atomic E-state index is 10.9. The van der Waals surface area contributed by atoms with Crippen molar-refractivity contribution in [1.29, 1.82) is 0 Å². The number of carbonyl (C=O) groups is 1. The molecule has 0 saturated carbocycles. The van der Waals surface area contributed by atoms with Crippen LogP contribution in [0.4, 0.5) is 0 Å². The van der Waals surface area contributed by atoms with Crippen LogP contribution in [-0.2, 0) is 6.54 Å². The molecule has 0 bridgehead atoms. The monoisotopic (exact) mass is 235 g/mol. The predicted molar refractivity (Wildman–Crippen MR) is 64.5 cm³/mol. The summed E-state index contributed by atoms with van der Waals surface area (Å²) in [4.78, 5) is 13.3. The second-order valence-corrected chi connectivity index (χ2v) is 4.32. The third-order valence-electron chi connectivity index (χ3n) is 3.10. The van der Waals surface area contributed by atoms with Crippen LogP contribution in [0.25, 0.3) is 0 Å². The van der Waals surface area contributed by atoms with Crippen molar-refractivity contribution in [1.82, 2.24) is 4.90 Å². The largest absolute Gasteiger partial charge is 0.496 e. The summed E-state index contributed by atoms with van der Waals surface area (Å²) in [5.41, 5.74) is 1.33. The quantitative estimate of drug-likeness (QED) is 0.867. The molecule has 0 spiro atoms. The molecular formula is C13H17NO3. The molecule has 0 unspecified atom stereocenters. The number of rotatable bonds is 4. The highest BCUT2D eigenvalue weighted by molar-refractivity contribution is 5.90. The van der Waals surface area contributed by atoms with Gasteiger partial charge in [-0.15, -0.1) is 0 Å². The van der Waals surface area contributed by atoms with Crippen LogP contribution in [0.2, 0.25) is 0 Å². The van der Waals surface area contributed by atoms with E-state index >= 15 is 0 Å². The van der Waals surface area contributed by atoms with Gasteiger partial charge in [0.25, 0.3) is 0 Å². The number of hydrogen-bond donors (Lipinski definition) is 1. The normalized spacial score (nSPS) is 16.1. The van der Waals surface area contributed by atoms with E-state index in [1.807, 2.05) is 12.1 Å². The highest BCUT2D eigenvalue weighted by atomic mass is 16.5. The third kappa shape index (κ3) is 2.77. The Morgan fingerprint density at radius 3 is 2.71 bits per heavy atom. The zero-order chi connectivity index (χ0) is 12.3. The van der Waals surface area contributed by atoms with E-state index in [1.165, 1.54) is 20.0 Å². The first-order chi connectivity index (χ1) is 8.20. The predicted octanol–water partition coefficient (Wildman–Crippen LogP) is 1.99. The molecule has 1 heterocycles. The SMILES string of the molecule is COc1cc(CN2CCCC2)ccc1C(=O)O. The van der Waals surface area contributed by atoms with Gasteiger partial charge in [0.1, 0.15) is 11.3 Å². The summed E-state index contributed by atoms with van der Waals surface area (Å²) in [6.07, 6.45) is 2.51. The Morgan fingerprint density at radius 2 is 2.12 bits per heavy atom. The standard InChI is InChI=1S/C13H17NO3/c1-17-12-8-10(4-5-11(12)13(15)16)9-14-6-2-3-7-14/h4-5,8H,2-3,6-7,9H2,1H3,(H,15,16). The molecule has 0 radical (unpaired) electrons. The number of carboxylic acid groups (broad SMARTS) is 1. The molecule has 2 rings (SSSR count). The minimum absolute atomic E-state index is 0.220. The van der Waals surface area contributed by atoms with Crippen LogP contribution in [0.1, 0.15) is 28.8 Å². The molecule has 1 N–H and O–H groups in total. The Balaban J connectivity index is 2.15. The fourth-order valence-corrected chi connectivity index (χ4v) is 2.21. The molecule has 17 heavy (non-hydrogen) atoms. The van der Waals surface area contributed by atoms with E-state index in [0.29, 0.717) is 5.75 Å². The molecule has 1 aromatic rings. The molecule has 0 atom stereocenters. The van der Waals surface area contributed by atoms with Gasteiger partial charge in [-0.3, -0.25) is 4.90 Å². The molecule has 92 valence electrons. The highest BCUT2D eigenvalue weighted by Crippen LogP contribution is 2.22. The fourth-order valence-electron chi connectivity index (χ4n) is 2.21. The Hall–Kier alpha value is -1.55. The van der Waals surface area contributed by atoms with Gasteiger partial charge in [0.15, 0.2) is 0 Å². The maximum absolute atomic E-state index is 10.9. The molecule has 1 aromatic carbocycles. The molecular weight excluding hydrogens is 218 g/mol. The van der Waals surface area contributed by atoms with Crippen molar-refractivity contribution < 1.29 is 14.6 Å². The topological polar surface area (TPSA) is 49.8 Å². The molecule has 4 nitrogen and oxygen atoms in total. The number of aromatic carboxylic acids is 1. The van der Waals surface area contributed by atoms with Crippen LogP contribution in [0.3, 0.4) is 0 Å². The number of likely N-dealkylation sites (tertiary alicyclic amines) is 1. The van der Waals surface area contributed by atoms with Crippen molar-refractivity contribution in [3.8, 4) is 5.75 Å². The zero-order valence-electron chi connectivity index (χ0n) is 9.98. The fraction of sp³-hybridized carbons (Fsp3) is 0.462. The lowest BCUT2D eigenvalue weighted by Crippen LogP contribution is -2.18. The lowest BCUT2D eigenvalue weighted by molar-refractivity contribution is 0.0693. The van der Waals surface area contributed by atoms with Gasteiger partial charge in [0.2, 0.25) is 0 Å². The lowest BCUT2D eigenvalue weighted by atomic mass is 10.1. The molecule has 1 fully saturated rings. The van der Waals surface area contributed by atoms with E-state index in [0.717, 1.165) is 25.2 Å². The van der Waals surface area contributed by atoms with Crippen LogP contribution >= 0.6 is 0 Å². The average Bonchev–Trinajstić information content (AvgIpc) is 2.81. The van der Waals surface area contributed by atoms with Crippen LogP contribution in [0.15, 0.2) is 18.2 Å². The van der Waals surface area contributed by atoms with Gasteiger partial charge in [0, 0.05) is 6.54 Å². The summed E-state index contributed by atoms with van der Waals surface area (Å²) in [5, 5.41) is 8.98. The summed E-state index contributed by atoms with van der Waals surface area (Å²) in [7, 11) is 1.50. The molecule has 1 aliphatic heterocycles. The lowest BCUT2D eigenvalue weighted by Gasteiger charge is -2.15. The second-order valence-electron chi connectivity index (χ2n) is 4.32. The van der Waals surface area contributed by atoms with Crippen molar-refractivity contribution >= 4 is 5.97 Å². The van der Waals surface area contributed by atoms with Crippen molar-refractivity contribution in [2.24, 2.45) is 0 Å². The number of carboxylic acids is 1. The first-order valence-corrected chi connectivity index (χ1v) is 5.83. The first kappa shape index (κ1) is 11.9. The van der Waals surface area contributed by atoms with Gasteiger partial charge < -0.3 is 9.84 Å². The number of nitrogens with zero attached hydrogens (tertiary/aromatic N) is 1. The Bertz CT molecular complexity index is 411. The molecule has 1 saturated heterocycles. The molecule has 0 amide bonds. The Labute approximate surface area is 101 Å². The van der Waals surface area contributed by atoms with E-state index in [9.17, 15) is 4.79 Å². The van der Waals surface area contributed by atoms with Crippen LogP contribution in [0, 0.1) is 0 Å². The van der Waals surface area contributed by atoms with Gasteiger partial charge in [0.05, 0.1) is 7.11 Å². The summed E-state index contributed by atoms with van der Waals surface area (Å²) < 4.78 is 5.11. The van der Waals surface area contributed by atoms with E-state index < -0.39 is 5.97 Å². The Kier molecular flexibility index (Phi) is 3.64. The summed E-state index contributed by atoms with van der Waals surface area (Å²) >= 11 is 0. The van der Waals surface area contributed by atoms with E-state index in [-0.39, 0.29) is 5.56 Å². The van der Waals surface area contributed by atoms with Crippen LogP contribution in [-0.4, -0.2) is 36.2 Å². The van der Waals surface area contributed by atoms with Crippen molar-refractivity contribution in [3.63, 3.8) is 0 Å². The van der Waals surface area contributed by atoms with Gasteiger partial charge in [-0.05, 0) is 43.6 Å². The van der Waals surface area contributed by atoms with E-state index in [1.54, 1.807) is 6.07 Å². The number of hydrogen-bond acceptors (Lipinski definition) is 3. The van der Waals surface area contributed by atoms with Gasteiger partial charge in [-0.25, -0.2) is 4.79 Å². The number of ether oxygens (including phenoxy) is 1. The van der Waals surface area contributed by atoms with Gasteiger partial charge in [-0.1, -0.05) is 6.07 Å². The third-order valence-corrected chi connectivity index (χ3v) is 3.10. The first-order valence-electron chi connectivity index (χ1n) is 5.83. The van der Waals surface area contributed by atoms with Crippen LogP contribution < -0.4 is 4.74 Å². The van der Waals surface area contributed by atoms with Crippen LogP contribution in [0.5, 0.6) is 5.75 Å².